The molecule has 1 aliphatic heterocycles. The van der Waals surface area contributed by atoms with Crippen LogP contribution in [0.25, 0.3) is 22.3 Å². The first-order valence-electron chi connectivity index (χ1n) is 8.49. The number of benzene rings is 1. The largest absolute Gasteiger partial charge is 0.369 e. The number of pyridine rings is 1. The quantitative estimate of drug-likeness (QED) is 0.701. The van der Waals surface area contributed by atoms with Crippen LogP contribution in [0.2, 0.25) is 0 Å². The average molecular weight is 371 g/mol. The van der Waals surface area contributed by atoms with Crippen molar-refractivity contribution in [2.24, 2.45) is 7.05 Å². The number of imidazole rings is 1. The van der Waals surface area contributed by atoms with Crippen LogP contribution in [0.5, 0.6) is 0 Å². The molecule has 1 aliphatic rings. The molecule has 3 aromatic rings. The maximum Gasteiger partial charge on any atom is 0.211 e. The maximum absolute atomic E-state index is 11.6. The van der Waals surface area contributed by atoms with Gasteiger partial charge in [0.15, 0.2) is 0 Å². The van der Waals surface area contributed by atoms with Crippen LogP contribution in [0.1, 0.15) is 0 Å². The topological polar surface area (TPSA) is 71.3 Å². The van der Waals surface area contributed by atoms with Gasteiger partial charge in [-0.05, 0) is 18.2 Å². The molecule has 0 bridgehead atoms. The summed E-state index contributed by atoms with van der Waals surface area (Å²) >= 11 is 0. The molecule has 0 radical (unpaired) electrons. The van der Waals surface area contributed by atoms with Crippen molar-refractivity contribution in [3.63, 3.8) is 0 Å². The van der Waals surface area contributed by atoms with E-state index in [1.165, 1.54) is 10.6 Å². The lowest BCUT2D eigenvalue weighted by molar-refractivity contribution is 0.388. The molecule has 1 saturated heterocycles. The Bertz CT molecular complexity index is 1040. The van der Waals surface area contributed by atoms with Gasteiger partial charge < -0.3 is 9.47 Å². The standard InChI is InChI=1S/C18H21N5O2S/c1-21-13-20-17-11-16(19-12-18(17)21)14-3-5-15(6-4-14)22-7-9-23(10-8-22)26(2,24)25/h3-6,11-13H,7-10H2,1-2H3. The van der Waals surface area contributed by atoms with Crippen molar-refractivity contribution in [3.8, 4) is 11.3 Å². The average Bonchev–Trinajstić information content (AvgIpc) is 3.02. The fraction of sp³-hybridized carbons (Fsp3) is 0.333. The van der Waals surface area contributed by atoms with Crippen molar-refractivity contribution < 1.29 is 8.42 Å². The van der Waals surface area contributed by atoms with Gasteiger partial charge in [-0.25, -0.2) is 13.4 Å². The Morgan fingerprint density at radius 3 is 2.35 bits per heavy atom. The van der Waals surface area contributed by atoms with E-state index in [-0.39, 0.29) is 0 Å². The highest BCUT2D eigenvalue weighted by Crippen LogP contribution is 2.25. The Balaban J connectivity index is 1.51. The van der Waals surface area contributed by atoms with Gasteiger partial charge in [-0.1, -0.05) is 12.1 Å². The molecule has 3 heterocycles. The molecule has 0 N–H and O–H groups in total. The minimum Gasteiger partial charge on any atom is -0.369 e. The van der Waals surface area contributed by atoms with E-state index in [9.17, 15) is 8.42 Å². The van der Waals surface area contributed by atoms with Crippen molar-refractivity contribution in [2.75, 3.05) is 37.3 Å². The molecule has 26 heavy (non-hydrogen) atoms. The van der Waals surface area contributed by atoms with Gasteiger partial charge in [-0.2, -0.15) is 4.31 Å². The lowest BCUT2D eigenvalue weighted by atomic mass is 10.1. The molecule has 1 fully saturated rings. The molecule has 0 amide bonds. The maximum atomic E-state index is 11.6. The third-order valence-corrected chi connectivity index (χ3v) is 6.15. The van der Waals surface area contributed by atoms with E-state index in [4.69, 9.17) is 0 Å². The zero-order valence-electron chi connectivity index (χ0n) is 14.8. The molecule has 0 aliphatic carbocycles. The molecule has 0 spiro atoms. The van der Waals surface area contributed by atoms with Crippen LogP contribution >= 0.6 is 0 Å². The number of aromatic nitrogens is 3. The molecular formula is C18H21N5O2S. The monoisotopic (exact) mass is 371 g/mol. The van der Waals surface area contributed by atoms with Gasteiger partial charge in [-0.3, -0.25) is 4.98 Å². The number of hydrogen-bond donors (Lipinski definition) is 0. The van der Waals surface area contributed by atoms with E-state index in [1.54, 1.807) is 6.33 Å². The van der Waals surface area contributed by atoms with Crippen molar-refractivity contribution in [2.45, 2.75) is 0 Å². The van der Waals surface area contributed by atoms with E-state index >= 15 is 0 Å². The molecule has 0 atom stereocenters. The van der Waals surface area contributed by atoms with Crippen molar-refractivity contribution >= 4 is 26.7 Å². The second-order valence-electron chi connectivity index (χ2n) is 6.61. The summed E-state index contributed by atoms with van der Waals surface area (Å²) < 4.78 is 26.7. The Kier molecular flexibility index (Phi) is 4.16. The first-order valence-corrected chi connectivity index (χ1v) is 10.3. The molecule has 1 aromatic carbocycles. The number of piperazine rings is 1. The van der Waals surface area contributed by atoms with Crippen molar-refractivity contribution in [3.05, 3.63) is 42.9 Å². The number of anilines is 1. The summed E-state index contributed by atoms with van der Waals surface area (Å²) in [4.78, 5) is 11.1. The molecule has 4 rings (SSSR count). The third-order valence-electron chi connectivity index (χ3n) is 4.85. The predicted molar refractivity (Wildman–Crippen MR) is 103 cm³/mol. The first kappa shape index (κ1) is 17.0. The van der Waals surface area contributed by atoms with Crippen LogP contribution in [-0.4, -0.2) is 59.7 Å². The second kappa shape index (κ2) is 6.37. The number of fused-ring (bicyclic) bond motifs is 1. The lowest BCUT2D eigenvalue weighted by Crippen LogP contribution is -2.48. The third kappa shape index (κ3) is 3.17. The smallest absolute Gasteiger partial charge is 0.211 e. The molecule has 136 valence electrons. The lowest BCUT2D eigenvalue weighted by Gasteiger charge is -2.34. The Labute approximate surface area is 152 Å². The molecule has 2 aromatic heterocycles. The predicted octanol–water partition coefficient (Wildman–Crippen LogP) is 1.72. The van der Waals surface area contributed by atoms with E-state index in [2.05, 4.69) is 39.1 Å². The van der Waals surface area contributed by atoms with Gasteiger partial charge in [0.2, 0.25) is 10.0 Å². The molecule has 7 nitrogen and oxygen atoms in total. The highest BCUT2D eigenvalue weighted by molar-refractivity contribution is 7.88. The van der Waals surface area contributed by atoms with E-state index < -0.39 is 10.0 Å². The summed E-state index contributed by atoms with van der Waals surface area (Å²) in [5.41, 5.74) is 4.97. The summed E-state index contributed by atoms with van der Waals surface area (Å²) in [5.74, 6) is 0. The number of aryl methyl sites for hydroxylation is 1. The van der Waals surface area contributed by atoms with Gasteiger partial charge >= 0.3 is 0 Å². The Morgan fingerprint density at radius 2 is 1.69 bits per heavy atom. The minimum atomic E-state index is -3.10. The molecular weight excluding hydrogens is 350 g/mol. The number of rotatable bonds is 3. The van der Waals surface area contributed by atoms with Crippen LogP contribution in [0.15, 0.2) is 42.9 Å². The van der Waals surface area contributed by atoms with Gasteiger partial charge in [0, 0.05) is 44.5 Å². The summed E-state index contributed by atoms with van der Waals surface area (Å²) in [6, 6.07) is 10.2. The van der Waals surface area contributed by atoms with E-state index in [0.717, 1.165) is 28.0 Å². The zero-order chi connectivity index (χ0) is 18.3. The van der Waals surface area contributed by atoms with Gasteiger partial charge in [-0.15, -0.1) is 0 Å². The minimum absolute atomic E-state index is 0.526. The molecule has 8 heteroatoms. The van der Waals surface area contributed by atoms with Crippen LogP contribution in [0, 0.1) is 0 Å². The van der Waals surface area contributed by atoms with Crippen LogP contribution in [0.3, 0.4) is 0 Å². The normalized spacial score (nSPS) is 16.3. The summed E-state index contributed by atoms with van der Waals surface area (Å²) in [7, 11) is -1.15. The van der Waals surface area contributed by atoms with E-state index in [1.807, 2.05) is 23.9 Å². The number of nitrogens with zero attached hydrogens (tertiary/aromatic N) is 5. The van der Waals surface area contributed by atoms with Crippen molar-refractivity contribution in [1.82, 2.24) is 18.8 Å². The van der Waals surface area contributed by atoms with Crippen LogP contribution < -0.4 is 4.90 Å². The first-order chi connectivity index (χ1) is 12.4. The van der Waals surface area contributed by atoms with Crippen LogP contribution in [0.4, 0.5) is 5.69 Å². The number of hydrogen-bond acceptors (Lipinski definition) is 5. The summed E-state index contributed by atoms with van der Waals surface area (Å²) in [5, 5.41) is 0. The van der Waals surface area contributed by atoms with Crippen LogP contribution in [-0.2, 0) is 17.1 Å². The fourth-order valence-corrected chi connectivity index (χ4v) is 4.13. The highest BCUT2D eigenvalue weighted by atomic mass is 32.2. The Morgan fingerprint density at radius 1 is 1.00 bits per heavy atom. The highest BCUT2D eigenvalue weighted by Gasteiger charge is 2.23. The fourth-order valence-electron chi connectivity index (χ4n) is 3.30. The zero-order valence-corrected chi connectivity index (χ0v) is 15.6. The molecule has 0 unspecified atom stereocenters. The SMILES string of the molecule is Cn1cnc2cc(-c3ccc(N4CCN(S(C)(=O)=O)CC4)cc3)ncc21. The van der Waals surface area contributed by atoms with Gasteiger partial charge in [0.25, 0.3) is 0 Å². The summed E-state index contributed by atoms with van der Waals surface area (Å²) in [6.07, 6.45) is 4.90. The molecule has 0 saturated carbocycles. The van der Waals surface area contributed by atoms with Crippen molar-refractivity contribution in [1.29, 1.82) is 0 Å². The van der Waals surface area contributed by atoms with Gasteiger partial charge in [0.05, 0.1) is 35.5 Å². The van der Waals surface area contributed by atoms with E-state index in [0.29, 0.717) is 26.2 Å². The van der Waals surface area contributed by atoms with Gasteiger partial charge in [0.1, 0.15) is 0 Å². The Hall–Kier alpha value is -2.45. The summed E-state index contributed by atoms with van der Waals surface area (Å²) in [6.45, 7) is 2.45. The second-order valence-corrected chi connectivity index (χ2v) is 8.59. The number of sulfonamides is 1.